The molecule has 51 heavy (non-hydrogen) atoms. The van der Waals surface area contributed by atoms with Gasteiger partial charge in [0.1, 0.15) is 5.75 Å². The fourth-order valence-electron chi connectivity index (χ4n) is 7.33. The largest absolute Gasteiger partial charge is 0.423 e. The first-order chi connectivity index (χ1) is 25.0. The third-order valence-electron chi connectivity index (χ3n) is 10.8. The van der Waals surface area contributed by atoms with E-state index >= 15 is 0 Å². The Hall–Kier alpha value is -3.03. The molecular weight excluding hydrogens is 636 g/mol. The molecule has 0 saturated carbocycles. The zero-order valence-electron chi connectivity index (χ0n) is 31.7. The highest BCUT2D eigenvalue weighted by atomic mass is 16.7. The molecule has 6 heteroatoms. The average Bonchev–Trinajstić information content (AvgIpc) is 3.16. The van der Waals surface area contributed by atoms with E-state index in [2.05, 4.69) is 27.7 Å². The van der Waals surface area contributed by atoms with E-state index in [-0.39, 0.29) is 18.5 Å². The lowest BCUT2D eigenvalue weighted by atomic mass is 9.95. The highest BCUT2D eigenvalue weighted by Crippen LogP contribution is 2.35. The zero-order chi connectivity index (χ0) is 35.8. The molecule has 0 aliphatic carbocycles. The summed E-state index contributed by atoms with van der Waals surface area (Å²) in [5, 5.41) is 0. The van der Waals surface area contributed by atoms with E-state index in [0.717, 1.165) is 41.7 Å². The molecule has 0 radical (unpaired) electrons. The van der Waals surface area contributed by atoms with Gasteiger partial charge in [-0.3, -0.25) is 0 Å². The Kier molecular flexibility index (Phi) is 16.0. The van der Waals surface area contributed by atoms with E-state index < -0.39 is 12.3 Å². The van der Waals surface area contributed by atoms with Crippen molar-refractivity contribution in [3.8, 4) is 16.9 Å². The third-order valence-corrected chi connectivity index (χ3v) is 10.8. The Balaban J connectivity index is 1.10. The number of unbranched alkanes of at least 4 members (excludes halogenated alkanes) is 10. The summed E-state index contributed by atoms with van der Waals surface area (Å²) < 4.78 is 30.8. The highest BCUT2D eigenvalue weighted by molar-refractivity contribution is 5.98. The van der Waals surface area contributed by atoms with E-state index in [4.69, 9.17) is 23.7 Å². The molecule has 2 saturated heterocycles. The van der Waals surface area contributed by atoms with Crippen molar-refractivity contribution < 1.29 is 28.5 Å². The molecule has 2 fully saturated rings. The van der Waals surface area contributed by atoms with Crippen LogP contribution in [0.4, 0.5) is 0 Å². The van der Waals surface area contributed by atoms with Gasteiger partial charge in [-0.15, -0.1) is 0 Å². The SMILES string of the molecule is CCCCCCCC[C@@H]1CO[C@@H](c2ccc(OC(=O)c3ccccc3-c3ccc([C@@H]4OC[C@@H](CCCCCCCC)C(C)O4)cc3)cc2)OC1C. The average molecular weight is 699 g/mol. The predicted molar refractivity (Wildman–Crippen MR) is 205 cm³/mol. The molecule has 6 nitrogen and oxygen atoms in total. The van der Waals surface area contributed by atoms with Crippen molar-refractivity contribution in [1.29, 1.82) is 0 Å². The Morgan fingerprint density at radius 2 is 1.08 bits per heavy atom. The van der Waals surface area contributed by atoms with Gasteiger partial charge < -0.3 is 23.7 Å². The predicted octanol–water partition coefficient (Wildman–Crippen LogP) is 12.2. The van der Waals surface area contributed by atoms with Crippen LogP contribution in [0.5, 0.6) is 5.75 Å². The van der Waals surface area contributed by atoms with Gasteiger partial charge in [0.2, 0.25) is 0 Å². The van der Waals surface area contributed by atoms with E-state index in [1.54, 1.807) is 0 Å². The Labute approximate surface area is 307 Å². The summed E-state index contributed by atoms with van der Waals surface area (Å²) in [6.45, 7) is 10.3. The van der Waals surface area contributed by atoms with Crippen LogP contribution in [-0.4, -0.2) is 31.4 Å². The number of hydrogen-bond donors (Lipinski definition) is 0. The summed E-state index contributed by atoms with van der Waals surface area (Å²) in [5.41, 5.74) is 4.17. The van der Waals surface area contributed by atoms with Crippen LogP contribution in [0, 0.1) is 11.8 Å². The number of carbonyl (C=O) groups excluding carboxylic acids is 1. The number of rotatable bonds is 19. The molecule has 0 bridgehead atoms. The van der Waals surface area contributed by atoms with Crippen LogP contribution in [0.15, 0.2) is 72.8 Å². The molecule has 0 spiro atoms. The monoisotopic (exact) mass is 698 g/mol. The van der Waals surface area contributed by atoms with Gasteiger partial charge in [-0.05, 0) is 56.0 Å². The second kappa shape index (κ2) is 20.9. The first-order valence-corrected chi connectivity index (χ1v) is 20.0. The molecule has 2 unspecified atom stereocenters. The molecule has 278 valence electrons. The van der Waals surface area contributed by atoms with Crippen molar-refractivity contribution in [2.24, 2.45) is 11.8 Å². The standard InChI is InChI=1S/C45H62O6/c1-5-7-9-11-13-15-19-38-31-47-44(49-33(38)3)36-25-23-35(24-26-36)41-21-17-18-22-42(41)43(46)51-40-29-27-37(28-30-40)45-48-32-39(34(4)50-45)20-16-14-12-10-8-6-2/h17-18,21-30,33-34,38-39,44-45H,5-16,19-20,31-32H2,1-4H3/t33?,34?,38-,39-,44-,45-/m1/s1. The maximum atomic E-state index is 13.4. The fraction of sp³-hybridized carbons (Fsp3) is 0.578. The van der Waals surface area contributed by atoms with Crippen molar-refractivity contribution in [3.05, 3.63) is 89.5 Å². The second-order valence-electron chi connectivity index (χ2n) is 14.8. The van der Waals surface area contributed by atoms with Crippen LogP contribution >= 0.6 is 0 Å². The Morgan fingerprint density at radius 1 is 0.608 bits per heavy atom. The van der Waals surface area contributed by atoms with E-state index in [1.807, 2.05) is 72.8 Å². The van der Waals surface area contributed by atoms with Gasteiger partial charge in [-0.1, -0.05) is 145 Å². The molecule has 0 aromatic heterocycles. The Bertz CT molecular complexity index is 1440. The Morgan fingerprint density at radius 3 is 1.59 bits per heavy atom. The molecular formula is C45H62O6. The van der Waals surface area contributed by atoms with Crippen LogP contribution in [0.25, 0.3) is 11.1 Å². The fourth-order valence-corrected chi connectivity index (χ4v) is 7.33. The summed E-state index contributed by atoms with van der Waals surface area (Å²) in [7, 11) is 0. The smallest absolute Gasteiger partial charge is 0.344 e. The highest BCUT2D eigenvalue weighted by Gasteiger charge is 2.31. The minimum absolute atomic E-state index is 0.140. The van der Waals surface area contributed by atoms with Crippen molar-refractivity contribution in [2.45, 2.75) is 142 Å². The van der Waals surface area contributed by atoms with Crippen LogP contribution in [-0.2, 0) is 18.9 Å². The minimum Gasteiger partial charge on any atom is -0.423 e. The van der Waals surface area contributed by atoms with Gasteiger partial charge in [-0.2, -0.15) is 0 Å². The van der Waals surface area contributed by atoms with Gasteiger partial charge in [0.05, 0.1) is 31.0 Å². The van der Waals surface area contributed by atoms with E-state index in [1.165, 1.54) is 77.0 Å². The summed E-state index contributed by atoms with van der Waals surface area (Å²) in [6, 6.07) is 23.2. The quantitative estimate of drug-likeness (QED) is 0.0705. The first kappa shape index (κ1) is 39.2. The van der Waals surface area contributed by atoms with Gasteiger partial charge in [-0.25, -0.2) is 4.79 Å². The number of carbonyl (C=O) groups is 1. The summed E-state index contributed by atoms with van der Waals surface area (Å²) >= 11 is 0. The van der Waals surface area contributed by atoms with Gasteiger partial charge in [0.15, 0.2) is 12.6 Å². The first-order valence-electron chi connectivity index (χ1n) is 20.0. The molecule has 6 atom stereocenters. The lowest BCUT2D eigenvalue weighted by Gasteiger charge is -2.35. The van der Waals surface area contributed by atoms with Crippen molar-refractivity contribution >= 4 is 5.97 Å². The number of benzene rings is 3. The topological polar surface area (TPSA) is 63.2 Å². The zero-order valence-corrected chi connectivity index (χ0v) is 31.7. The number of hydrogen-bond acceptors (Lipinski definition) is 6. The summed E-state index contributed by atoms with van der Waals surface area (Å²) in [5.74, 6) is 0.941. The number of esters is 1. The lowest BCUT2D eigenvalue weighted by molar-refractivity contribution is -0.237. The molecule has 3 aromatic rings. The maximum absolute atomic E-state index is 13.4. The van der Waals surface area contributed by atoms with Crippen LogP contribution < -0.4 is 4.74 Å². The van der Waals surface area contributed by atoms with E-state index in [0.29, 0.717) is 29.8 Å². The van der Waals surface area contributed by atoms with E-state index in [9.17, 15) is 4.79 Å². The second-order valence-corrected chi connectivity index (χ2v) is 14.8. The lowest BCUT2D eigenvalue weighted by Crippen LogP contribution is -2.34. The molecule has 3 aromatic carbocycles. The maximum Gasteiger partial charge on any atom is 0.344 e. The third kappa shape index (κ3) is 11.7. The van der Waals surface area contributed by atoms with Crippen molar-refractivity contribution in [3.63, 3.8) is 0 Å². The molecule has 0 N–H and O–H groups in total. The van der Waals surface area contributed by atoms with Crippen molar-refractivity contribution in [1.82, 2.24) is 0 Å². The summed E-state index contributed by atoms with van der Waals surface area (Å²) in [4.78, 5) is 13.4. The molecule has 2 aliphatic heterocycles. The van der Waals surface area contributed by atoms with Crippen molar-refractivity contribution in [2.75, 3.05) is 13.2 Å². The van der Waals surface area contributed by atoms with Crippen LogP contribution in [0.1, 0.15) is 152 Å². The van der Waals surface area contributed by atoms with Crippen LogP contribution in [0.3, 0.4) is 0 Å². The summed E-state index contributed by atoms with van der Waals surface area (Å²) in [6.07, 6.45) is 17.4. The van der Waals surface area contributed by atoms with Gasteiger partial charge >= 0.3 is 5.97 Å². The minimum atomic E-state index is -0.409. The van der Waals surface area contributed by atoms with Crippen LogP contribution in [0.2, 0.25) is 0 Å². The molecule has 2 heterocycles. The normalized spacial score (nSPS) is 23.6. The molecule has 0 amide bonds. The van der Waals surface area contributed by atoms with Gasteiger partial charge in [0, 0.05) is 23.0 Å². The van der Waals surface area contributed by atoms with Gasteiger partial charge in [0.25, 0.3) is 0 Å². The molecule has 5 rings (SSSR count). The number of ether oxygens (including phenoxy) is 5. The molecule has 2 aliphatic rings.